The molecule has 0 spiro atoms. The highest BCUT2D eigenvalue weighted by Gasteiger charge is 2.53. The predicted octanol–water partition coefficient (Wildman–Crippen LogP) is 1.87. The number of para-hydroxylation sites is 1. The monoisotopic (exact) mass is 333 g/mol. The molecule has 120 valence electrons. The molecule has 0 bridgehead atoms. The van der Waals surface area contributed by atoms with Gasteiger partial charge < -0.3 is 9.80 Å². The van der Waals surface area contributed by atoms with Gasteiger partial charge in [-0.25, -0.2) is 9.69 Å². The lowest BCUT2D eigenvalue weighted by molar-refractivity contribution is -0.133. The number of carbonyl (C=O) groups is 3. The number of urea groups is 1. The van der Waals surface area contributed by atoms with Gasteiger partial charge in [0.25, 0.3) is 5.91 Å². The smallest absolute Gasteiger partial charge is 0.312 e. The lowest BCUT2D eigenvalue weighted by Gasteiger charge is -2.22. The largest absolute Gasteiger partial charge is 0.328 e. The van der Waals surface area contributed by atoms with Crippen LogP contribution in [-0.2, 0) is 9.59 Å². The third kappa shape index (κ3) is 2.05. The lowest BCUT2D eigenvalue weighted by Crippen LogP contribution is -2.46. The molecule has 0 radical (unpaired) electrons. The van der Waals surface area contributed by atoms with Crippen LogP contribution in [0.2, 0.25) is 5.02 Å². The van der Waals surface area contributed by atoms with Crippen LogP contribution < -0.4 is 4.90 Å². The normalized spacial score (nSPS) is 27.3. The summed E-state index contributed by atoms with van der Waals surface area (Å²) in [6.45, 7) is 1.05. The number of anilines is 1. The van der Waals surface area contributed by atoms with E-state index in [1.807, 2.05) is 6.07 Å². The Morgan fingerprint density at radius 2 is 1.74 bits per heavy atom. The highest BCUT2D eigenvalue weighted by molar-refractivity contribution is 6.34. The summed E-state index contributed by atoms with van der Waals surface area (Å²) in [7, 11) is 0. The average Bonchev–Trinajstić information content (AvgIpc) is 3.20. The molecule has 1 aromatic rings. The van der Waals surface area contributed by atoms with E-state index in [2.05, 4.69) is 0 Å². The number of rotatable bonds is 2. The summed E-state index contributed by atoms with van der Waals surface area (Å²) >= 11 is 6.16. The van der Waals surface area contributed by atoms with E-state index in [9.17, 15) is 14.4 Å². The second-order valence-corrected chi connectivity index (χ2v) is 6.50. The standard InChI is InChI=1S/C16H16ClN3O3/c17-10-4-1-2-5-11(10)18-9-7-13(14(18)21)20-15(22)12-6-3-8-19(12)16(20)23/h1-2,4-5,12-13H,3,6-9H2/t12-,13-/m0/s1. The van der Waals surface area contributed by atoms with Crippen LogP contribution in [0.5, 0.6) is 0 Å². The van der Waals surface area contributed by atoms with Gasteiger partial charge in [-0.2, -0.15) is 0 Å². The quantitative estimate of drug-likeness (QED) is 0.776. The molecule has 3 aliphatic heterocycles. The Labute approximate surface area is 138 Å². The second-order valence-electron chi connectivity index (χ2n) is 6.09. The first-order chi connectivity index (χ1) is 11.1. The first-order valence-electron chi connectivity index (χ1n) is 7.79. The maximum absolute atomic E-state index is 12.8. The van der Waals surface area contributed by atoms with Crippen molar-refractivity contribution in [3.63, 3.8) is 0 Å². The third-order valence-corrected chi connectivity index (χ3v) is 5.18. The highest BCUT2D eigenvalue weighted by Crippen LogP contribution is 2.34. The van der Waals surface area contributed by atoms with E-state index in [1.165, 1.54) is 4.90 Å². The predicted molar refractivity (Wildman–Crippen MR) is 84.2 cm³/mol. The molecule has 7 heteroatoms. The first-order valence-corrected chi connectivity index (χ1v) is 8.17. The van der Waals surface area contributed by atoms with Gasteiger partial charge in [0.2, 0.25) is 5.91 Å². The number of benzene rings is 1. The second kappa shape index (κ2) is 5.23. The Hall–Kier alpha value is -2.08. The minimum absolute atomic E-state index is 0.230. The zero-order valence-electron chi connectivity index (χ0n) is 12.4. The minimum Gasteiger partial charge on any atom is -0.312 e. The zero-order chi connectivity index (χ0) is 16.1. The third-order valence-electron chi connectivity index (χ3n) is 4.86. The summed E-state index contributed by atoms with van der Waals surface area (Å²) in [5, 5.41) is 0.487. The molecule has 0 N–H and O–H groups in total. The van der Waals surface area contributed by atoms with E-state index >= 15 is 0 Å². The van der Waals surface area contributed by atoms with Crippen LogP contribution in [0.15, 0.2) is 24.3 Å². The number of imide groups is 1. The van der Waals surface area contributed by atoms with E-state index in [4.69, 9.17) is 11.6 Å². The summed E-state index contributed by atoms with van der Waals surface area (Å²) in [5.74, 6) is -0.465. The van der Waals surface area contributed by atoms with Gasteiger partial charge >= 0.3 is 6.03 Å². The Morgan fingerprint density at radius 1 is 0.957 bits per heavy atom. The van der Waals surface area contributed by atoms with Crippen LogP contribution in [0.25, 0.3) is 0 Å². The molecule has 3 fully saturated rings. The number of halogens is 1. The minimum atomic E-state index is -0.711. The number of hydrogen-bond acceptors (Lipinski definition) is 3. The molecule has 4 amide bonds. The summed E-state index contributed by atoms with van der Waals surface area (Å²) in [6.07, 6.45) is 1.98. The van der Waals surface area contributed by atoms with Crippen molar-refractivity contribution in [2.45, 2.75) is 31.3 Å². The fraction of sp³-hybridized carbons (Fsp3) is 0.438. The number of fused-ring (bicyclic) bond motifs is 1. The number of hydrogen-bond donors (Lipinski definition) is 0. The van der Waals surface area contributed by atoms with Gasteiger partial charge in [-0.05, 0) is 31.4 Å². The van der Waals surface area contributed by atoms with E-state index in [-0.39, 0.29) is 23.9 Å². The molecule has 6 nitrogen and oxygen atoms in total. The SMILES string of the molecule is O=C1[C@@H](N2C(=O)[C@@H]3CCCN3C2=O)CCN1c1ccccc1Cl. The van der Waals surface area contributed by atoms with Crippen molar-refractivity contribution in [3.05, 3.63) is 29.3 Å². The molecular formula is C16H16ClN3O3. The Morgan fingerprint density at radius 3 is 2.48 bits per heavy atom. The van der Waals surface area contributed by atoms with Gasteiger partial charge in [0.1, 0.15) is 12.1 Å². The highest BCUT2D eigenvalue weighted by atomic mass is 35.5. The lowest BCUT2D eigenvalue weighted by atomic mass is 10.1. The van der Waals surface area contributed by atoms with Gasteiger partial charge in [0.15, 0.2) is 0 Å². The molecular weight excluding hydrogens is 318 g/mol. The first kappa shape index (κ1) is 14.5. The van der Waals surface area contributed by atoms with Crippen molar-refractivity contribution < 1.29 is 14.4 Å². The summed E-state index contributed by atoms with van der Waals surface area (Å²) < 4.78 is 0. The van der Waals surface area contributed by atoms with Crippen molar-refractivity contribution in [3.8, 4) is 0 Å². The Bertz CT molecular complexity index is 686. The van der Waals surface area contributed by atoms with Gasteiger partial charge in [-0.1, -0.05) is 23.7 Å². The van der Waals surface area contributed by atoms with Crippen LogP contribution >= 0.6 is 11.6 Å². The number of nitrogens with zero attached hydrogens (tertiary/aromatic N) is 3. The van der Waals surface area contributed by atoms with Crippen molar-refractivity contribution >= 4 is 35.1 Å². The number of carbonyl (C=O) groups excluding carboxylic acids is 3. The van der Waals surface area contributed by atoms with Crippen LogP contribution in [0.4, 0.5) is 10.5 Å². The summed E-state index contributed by atoms with van der Waals surface area (Å²) in [4.78, 5) is 42.1. The molecule has 2 atom stereocenters. The molecule has 3 aliphatic rings. The van der Waals surface area contributed by atoms with E-state index in [0.717, 1.165) is 6.42 Å². The van der Waals surface area contributed by atoms with Crippen molar-refractivity contribution in [2.75, 3.05) is 18.0 Å². The summed E-state index contributed by atoms with van der Waals surface area (Å²) in [5.41, 5.74) is 0.626. The maximum atomic E-state index is 12.8. The van der Waals surface area contributed by atoms with Gasteiger partial charge in [0, 0.05) is 13.1 Å². The molecule has 23 heavy (non-hydrogen) atoms. The molecule has 3 saturated heterocycles. The fourth-order valence-electron chi connectivity index (χ4n) is 3.75. The molecule has 0 aliphatic carbocycles. The Balaban J connectivity index is 1.60. The van der Waals surface area contributed by atoms with Crippen molar-refractivity contribution in [1.82, 2.24) is 9.80 Å². The molecule has 4 rings (SSSR count). The van der Waals surface area contributed by atoms with Crippen LogP contribution in [0.3, 0.4) is 0 Å². The summed E-state index contributed by atoms with van der Waals surface area (Å²) in [6, 6.07) is 5.70. The maximum Gasteiger partial charge on any atom is 0.328 e. The average molecular weight is 334 g/mol. The molecule has 3 heterocycles. The van der Waals surface area contributed by atoms with E-state index in [1.54, 1.807) is 28.0 Å². The van der Waals surface area contributed by atoms with Crippen molar-refractivity contribution in [2.24, 2.45) is 0 Å². The molecule has 0 unspecified atom stereocenters. The van der Waals surface area contributed by atoms with E-state index < -0.39 is 6.04 Å². The molecule has 0 aromatic heterocycles. The van der Waals surface area contributed by atoms with Gasteiger partial charge in [0.05, 0.1) is 10.7 Å². The van der Waals surface area contributed by atoms with Crippen LogP contribution in [-0.4, -0.2) is 52.8 Å². The van der Waals surface area contributed by atoms with Crippen LogP contribution in [0.1, 0.15) is 19.3 Å². The molecule has 1 aromatic carbocycles. The number of amides is 4. The van der Waals surface area contributed by atoms with E-state index in [0.29, 0.717) is 36.6 Å². The fourth-order valence-corrected chi connectivity index (χ4v) is 3.98. The van der Waals surface area contributed by atoms with Crippen LogP contribution in [0, 0.1) is 0 Å². The molecule has 0 saturated carbocycles. The van der Waals surface area contributed by atoms with Gasteiger partial charge in [-0.15, -0.1) is 0 Å². The topological polar surface area (TPSA) is 60.9 Å². The van der Waals surface area contributed by atoms with Crippen molar-refractivity contribution in [1.29, 1.82) is 0 Å². The van der Waals surface area contributed by atoms with Gasteiger partial charge in [-0.3, -0.25) is 9.59 Å². The Kier molecular flexibility index (Phi) is 3.30. The zero-order valence-corrected chi connectivity index (χ0v) is 13.2.